The van der Waals surface area contributed by atoms with Gasteiger partial charge >= 0.3 is 0 Å². The Bertz CT molecular complexity index is 377. The van der Waals surface area contributed by atoms with Gasteiger partial charge in [0.25, 0.3) is 0 Å². The summed E-state index contributed by atoms with van der Waals surface area (Å²) in [4.78, 5) is 26.4. The van der Waals surface area contributed by atoms with E-state index in [9.17, 15) is 9.59 Å². The molecule has 0 aromatic heterocycles. The van der Waals surface area contributed by atoms with E-state index in [1.807, 2.05) is 28.4 Å². The Morgan fingerprint density at radius 2 is 2.05 bits per heavy atom. The molecular formula is C13H20N2O2S2. The van der Waals surface area contributed by atoms with E-state index in [4.69, 9.17) is 0 Å². The van der Waals surface area contributed by atoms with Gasteiger partial charge in [-0.25, -0.2) is 0 Å². The summed E-state index contributed by atoms with van der Waals surface area (Å²) in [6.07, 6.45) is 3.74. The molecule has 2 saturated heterocycles. The Kier molecular flexibility index (Phi) is 3.98. The molecule has 1 unspecified atom stereocenters. The first-order valence-corrected chi connectivity index (χ1v) is 9.20. The van der Waals surface area contributed by atoms with E-state index in [0.717, 1.165) is 43.7 Å². The Hall–Kier alpha value is -0.360. The minimum Gasteiger partial charge on any atom is -0.340 e. The van der Waals surface area contributed by atoms with Gasteiger partial charge in [-0.1, -0.05) is 12.8 Å². The summed E-state index contributed by atoms with van der Waals surface area (Å²) in [6.45, 7) is 0.994. The zero-order chi connectivity index (χ0) is 13.3. The van der Waals surface area contributed by atoms with Gasteiger partial charge in [0.15, 0.2) is 0 Å². The predicted octanol–water partition coefficient (Wildman–Crippen LogP) is 1.11. The van der Waals surface area contributed by atoms with Gasteiger partial charge in [-0.05, 0) is 12.8 Å². The lowest BCUT2D eigenvalue weighted by atomic mass is 9.93. The van der Waals surface area contributed by atoms with E-state index in [1.54, 1.807) is 0 Å². The number of piperazine rings is 1. The molecule has 0 radical (unpaired) electrons. The molecule has 2 aliphatic heterocycles. The molecule has 19 heavy (non-hydrogen) atoms. The smallest absolute Gasteiger partial charge is 0.248 e. The number of hydrogen-bond donors (Lipinski definition) is 1. The number of rotatable bonds is 2. The average Bonchev–Trinajstić information content (AvgIpc) is 2.86. The number of hydrogen-bond acceptors (Lipinski definition) is 4. The van der Waals surface area contributed by atoms with E-state index in [-0.39, 0.29) is 18.4 Å². The van der Waals surface area contributed by atoms with Crippen molar-refractivity contribution in [3.8, 4) is 0 Å². The number of thioether (sulfide) groups is 2. The van der Waals surface area contributed by atoms with Gasteiger partial charge in [0, 0.05) is 29.1 Å². The number of carbonyl (C=O) groups is 2. The van der Waals surface area contributed by atoms with Crippen LogP contribution in [-0.2, 0) is 9.59 Å². The van der Waals surface area contributed by atoms with E-state index in [2.05, 4.69) is 5.32 Å². The van der Waals surface area contributed by atoms with Gasteiger partial charge in [0.1, 0.15) is 5.54 Å². The van der Waals surface area contributed by atoms with Crippen LogP contribution in [0.5, 0.6) is 0 Å². The van der Waals surface area contributed by atoms with E-state index in [1.165, 1.54) is 5.75 Å². The summed E-state index contributed by atoms with van der Waals surface area (Å²) in [5.74, 6) is 3.66. The zero-order valence-electron chi connectivity index (χ0n) is 11.0. The third kappa shape index (κ3) is 2.75. The first kappa shape index (κ1) is 13.6. The lowest BCUT2D eigenvalue weighted by molar-refractivity contribution is -0.149. The number of nitrogens with one attached hydrogen (secondary N) is 1. The van der Waals surface area contributed by atoms with E-state index < -0.39 is 5.54 Å². The van der Waals surface area contributed by atoms with Crippen molar-refractivity contribution in [3.05, 3.63) is 0 Å². The molecule has 1 atom stereocenters. The second-order valence-corrected chi connectivity index (χ2v) is 8.15. The average molecular weight is 300 g/mol. The zero-order valence-corrected chi connectivity index (χ0v) is 12.7. The van der Waals surface area contributed by atoms with Gasteiger partial charge in [0.2, 0.25) is 11.8 Å². The summed E-state index contributed by atoms with van der Waals surface area (Å²) < 4.78 is 0. The molecule has 1 aliphatic carbocycles. The van der Waals surface area contributed by atoms with Crippen LogP contribution in [0.1, 0.15) is 25.7 Å². The van der Waals surface area contributed by atoms with Crippen LogP contribution in [0.25, 0.3) is 0 Å². The summed E-state index contributed by atoms with van der Waals surface area (Å²) >= 11 is 3.90. The molecule has 2 heterocycles. The molecule has 106 valence electrons. The van der Waals surface area contributed by atoms with Crippen molar-refractivity contribution in [2.75, 3.05) is 30.3 Å². The number of nitrogens with zero attached hydrogens (tertiary/aromatic N) is 1. The first-order valence-electron chi connectivity index (χ1n) is 6.99. The van der Waals surface area contributed by atoms with Gasteiger partial charge in [-0.2, -0.15) is 23.5 Å². The van der Waals surface area contributed by atoms with Gasteiger partial charge in [-0.3, -0.25) is 9.59 Å². The van der Waals surface area contributed by atoms with Crippen LogP contribution in [-0.4, -0.2) is 57.9 Å². The Morgan fingerprint density at radius 1 is 1.26 bits per heavy atom. The molecule has 1 saturated carbocycles. The Morgan fingerprint density at radius 3 is 2.74 bits per heavy atom. The van der Waals surface area contributed by atoms with Crippen LogP contribution in [0.15, 0.2) is 0 Å². The monoisotopic (exact) mass is 300 g/mol. The third-order valence-electron chi connectivity index (χ3n) is 4.18. The molecular weight excluding hydrogens is 280 g/mol. The van der Waals surface area contributed by atoms with Crippen molar-refractivity contribution >= 4 is 35.3 Å². The fraction of sp³-hybridized carbons (Fsp3) is 0.846. The molecule has 3 fully saturated rings. The molecule has 3 rings (SSSR count). The predicted molar refractivity (Wildman–Crippen MR) is 79.5 cm³/mol. The molecule has 0 aromatic rings. The van der Waals surface area contributed by atoms with Crippen LogP contribution < -0.4 is 5.32 Å². The highest BCUT2D eigenvalue weighted by molar-refractivity contribution is 8.06. The van der Waals surface area contributed by atoms with Crippen molar-refractivity contribution < 1.29 is 9.59 Å². The molecule has 3 aliphatic rings. The highest BCUT2D eigenvalue weighted by Crippen LogP contribution is 2.34. The van der Waals surface area contributed by atoms with Crippen LogP contribution in [0.3, 0.4) is 0 Å². The van der Waals surface area contributed by atoms with Gasteiger partial charge < -0.3 is 10.2 Å². The minimum atomic E-state index is -0.554. The molecule has 0 bridgehead atoms. The van der Waals surface area contributed by atoms with Crippen LogP contribution in [0.2, 0.25) is 0 Å². The van der Waals surface area contributed by atoms with Crippen LogP contribution in [0, 0.1) is 0 Å². The quantitative estimate of drug-likeness (QED) is 0.830. The van der Waals surface area contributed by atoms with Crippen molar-refractivity contribution in [1.82, 2.24) is 10.2 Å². The number of carbonyl (C=O) groups excluding carboxylic acids is 2. The molecule has 0 aromatic carbocycles. The normalized spacial score (nSPS) is 30.7. The van der Waals surface area contributed by atoms with Gasteiger partial charge in [0.05, 0.1) is 6.54 Å². The maximum absolute atomic E-state index is 12.7. The highest BCUT2D eigenvalue weighted by Gasteiger charge is 2.48. The second kappa shape index (κ2) is 5.56. The molecule has 1 N–H and O–H groups in total. The fourth-order valence-electron chi connectivity index (χ4n) is 3.26. The summed E-state index contributed by atoms with van der Waals surface area (Å²) in [5.41, 5.74) is -0.554. The van der Waals surface area contributed by atoms with Crippen LogP contribution >= 0.6 is 23.5 Å². The van der Waals surface area contributed by atoms with Gasteiger partial charge in [-0.15, -0.1) is 0 Å². The molecule has 6 heteroatoms. The topological polar surface area (TPSA) is 49.4 Å². The molecule has 4 nitrogen and oxygen atoms in total. The van der Waals surface area contributed by atoms with Crippen molar-refractivity contribution in [2.45, 2.75) is 36.5 Å². The van der Waals surface area contributed by atoms with Crippen molar-refractivity contribution in [3.63, 3.8) is 0 Å². The fourth-order valence-corrected chi connectivity index (χ4v) is 5.94. The summed E-state index contributed by atoms with van der Waals surface area (Å²) in [7, 11) is 0. The number of amides is 2. The van der Waals surface area contributed by atoms with Crippen LogP contribution in [0.4, 0.5) is 0 Å². The SMILES string of the molecule is O=C1CN(CC2CSCCS2)C(=O)C2(CCCC2)N1. The first-order chi connectivity index (χ1) is 9.20. The molecule has 2 amide bonds. The molecule has 1 spiro atoms. The maximum atomic E-state index is 12.7. The minimum absolute atomic E-state index is 0.0231. The lowest BCUT2D eigenvalue weighted by Gasteiger charge is -2.41. The Labute approximate surface area is 122 Å². The lowest BCUT2D eigenvalue weighted by Crippen LogP contribution is -2.66. The van der Waals surface area contributed by atoms with E-state index in [0.29, 0.717) is 5.25 Å². The summed E-state index contributed by atoms with van der Waals surface area (Å²) in [6, 6.07) is 0. The third-order valence-corrected chi connectivity index (χ3v) is 7.00. The standard InChI is InChI=1S/C13H20N2O2S2/c16-11-8-15(7-10-9-18-5-6-19-10)12(17)13(14-11)3-1-2-4-13/h10H,1-9H2,(H,14,16). The highest BCUT2D eigenvalue weighted by atomic mass is 32.2. The van der Waals surface area contributed by atoms with E-state index >= 15 is 0 Å². The van der Waals surface area contributed by atoms with Crippen molar-refractivity contribution in [1.29, 1.82) is 0 Å². The maximum Gasteiger partial charge on any atom is 0.248 e. The Balaban J connectivity index is 1.69. The second-order valence-electron chi connectivity index (χ2n) is 5.59. The summed E-state index contributed by atoms with van der Waals surface area (Å²) in [5, 5.41) is 3.46. The largest absolute Gasteiger partial charge is 0.340 e. The van der Waals surface area contributed by atoms with Crippen molar-refractivity contribution in [2.24, 2.45) is 0 Å².